The molecule has 0 bridgehead atoms. The summed E-state index contributed by atoms with van der Waals surface area (Å²) in [5, 5.41) is 11.9. The van der Waals surface area contributed by atoms with Crippen molar-refractivity contribution in [1.82, 2.24) is 5.32 Å². The van der Waals surface area contributed by atoms with Crippen LogP contribution in [0.3, 0.4) is 0 Å². The average molecular weight is 136 g/mol. The molecule has 3 heteroatoms. The average Bonchev–Trinajstić information content (AvgIpc) is 1.77. The molecule has 1 aliphatic rings. The first-order valence-corrected chi connectivity index (χ1v) is 3.28. The van der Waals surface area contributed by atoms with E-state index in [9.17, 15) is 0 Å². The van der Waals surface area contributed by atoms with Crippen LogP contribution in [0.1, 0.15) is 12.8 Å². The standard InChI is InChI=1S/C5H10ClNO/c6-5-2-1-4(8)3-7-5/h4-5,7-8H,1-3H2. The molecule has 0 radical (unpaired) electrons. The van der Waals surface area contributed by atoms with Gasteiger partial charge < -0.3 is 5.11 Å². The van der Waals surface area contributed by atoms with Crippen LogP contribution in [0.15, 0.2) is 0 Å². The second-order valence-electron chi connectivity index (χ2n) is 2.11. The Labute approximate surface area is 53.8 Å². The number of halogens is 1. The molecule has 0 aromatic heterocycles. The molecule has 0 saturated carbocycles. The van der Waals surface area contributed by atoms with Gasteiger partial charge in [-0.05, 0) is 12.8 Å². The van der Waals surface area contributed by atoms with E-state index in [0.717, 1.165) is 12.8 Å². The number of aliphatic hydroxyl groups is 1. The molecule has 1 saturated heterocycles. The molecule has 8 heavy (non-hydrogen) atoms. The van der Waals surface area contributed by atoms with Crippen LogP contribution in [0.2, 0.25) is 0 Å². The maximum atomic E-state index is 8.91. The number of nitrogens with one attached hydrogen (secondary N) is 1. The fourth-order valence-electron chi connectivity index (χ4n) is 0.807. The summed E-state index contributed by atoms with van der Waals surface area (Å²) < 4.78 is 0. The molecule has 1 aliphatic heterocycles. The summed E-state index contributed by atoms with van der Waals surface area (Å²) in [6.07, 6.45) is 1.54. The topological polar surface area (TPSA) is 32.3 Å². The van der Waals surface area contributed by atoms with E-state index in [-0.39, 0.29) is 11.6 Å². The van der Waals surface area contributed by atoms with Gasteiger partial charge in [0, 0.05) is 6.54 Å². The Bertz CT molecular complexity index is 60.8. The number of hydrogen-bond donors (Lipinski definition) is 2. The van der Waals surface area contributed by atoms with Crippen molar-refractivity contribution < 1.29 is 5.11 Å². The number of hydrogen-bond acceptors (Lipinski definition) is 2. The number of rotatable bonds is 0. The number of β-amino-alcohol motifs (C(OH)–C–C–N with tert-alkyl or cyclic N) is 1. The van der Waals surface area contributed by atoms with Crippen molar-refractivity contribution in [2.45, 2.75) is 24.4 Å². The molecule has 0 aromatic rings. The maximum absolute atomic E-state index is 8.91. The van der Waals surface area contributed by atoms with E-state index in [4.69, 9.17) is 16.7 Å². The van der Waals surface area contributed by atoms with Gasteiger partial charge in [-0.15, -0.1) is 11.6 Å². The van der Waals surface area contributed by atoms with Gasteiger partial charge in [0.15, 0.2) is 0 Å². The molecule has 1 rings (SSSR count). The van der Waals surface area contributed by atoms with E-state index in [1.165, 1.54) is 0 Å². The predicted octanol–water partition coefficient (Wildman–Crippen LogP) is 0.296. The molecule has 2 atom stereocenters. The molecule has 1 heterocycles. The van der Waals surface area contributed by atoms with Crippen molar-refractivity contribution in [3.05, 3.63) is 0 Å². The minimum atomic E-state index is -0.176. The zero-order chi connectivity index (χ0) is 5.98. The Balaban J connectivity index is 2.19. The Morgan fingerprint density at radius 2 is 2.25 bits per heavy atom. The fraction of sp³-hybridized carbons (Fsp3) is 1.00. The molecule has 2 unspecified atom stereocenters. The minimum Gasteiger partial charge on any atom is -0.392 e. The van der Waals surface area contributed by atoms with Crippen molar-refractivity contribution in [1.29, 1.82) is 0 Å². The summed E-state index contributed by atoms with van der Waals surface area (Å²) >= 11 is 5.66. The zero-order valence-electron chi connectivity index (χ0n) is 4.60. The molecule has 0 spiro atoms. The molecule has 0 aromatic carbocycles. The van der Waals surface area contributed by atoms with Crippen molar-refractivity contribution in [2.75, 3.05) is 6.54 Å². The first-order chi connectivity index (χ1) is 3.79. The minimum absolute atomic E-state index is 0.0819. The van der Waals surface area contributed by atoms with E-state index in [1.54, 1.807) is 0 Å². The van der Waals surface area contributed by atoms with Crippen LogP contribution in [0.5, 0.6) is 0 Å². The van der Waals surface area contributed by atoms with Gasteiger partial charge in [-0.25, -0.2) is 0 Å². The summed E-state index contributed by atoms with van der Waals surface area (Å²) in [4.78, 5) is 0. The summed E-state index contributed by atoms with van der Waals surface area (Å²) in [6.45, 7) is 0.647. The van der Waals surface area contributed by atoms with E-state index in [0.29, 0.717) is 6.54 Å². The first kappa shape index (κ1) is 6.33. The third-order valence-corrected chi connectivity index (χ3v) is 1.70. The second kappa shape index (κ2) is 2.67. The molecule has 2 N–H and O–H groups in total. The van der Waals surface area contributed by atoms with Crippen LogP contribution >= 0.6 is 11.6 Å². The van der Waals surface area contributed by atoms with E-state index < -0.39 is 0 Å². The monoisotopic (exact) mass is 135 g/mol. The largest absolute Gasteiger partial charge is 0.392 e. The van der Waals surface area contributed by atoms with Gasteiger partial charge in [-0.3, -0.25) is 5.32 Å². The summed E-state index contributed by atoms with van der Waals surface area (Å²) in [6, 6.07) is 0. The van der Waals surface area contributed by atoms with Crippen LogP contribution in [0.25, 0.3) is 0 Å². The first-order valence-electron chi connectivity index (χ1n) is 2.84. The van der Waals surface area contributed by atoms with E-state index >= 15 is 0 Å². The van der Waals surface area contributed by atoms with Crippen LogP contribution < -0.4 is 5.32 Å². The van der Waals surface area contributed by atoms with Gasteiger partial charge >= 0.3 is 0 Å². The van der Waals surface area contributed by atoms with Gasteiger partial charge in [-0.2, -0.15) is 0 Å². The van der Waals surface area contributed by atoms with Crippen molar-refractivity contribution in [2.24, 2.45) is 0 Å². The lowest BCUT2D eigenvalue weighted by Gasteiger charge is -2.21. The van der Waals surface area contributed by atoms with Crippen LogP contribution in [0, 0.1) is 0 Å². The quantitative estimate of drug-likeness (QED) is 0.370. The highest BCUT2D eigenvalue weighted by molar-refractivity contribution is 6.20. The Hall–Kier alpha value is 0.210. The van der Waals surface area contributed by atoms with Crippen LogP contribution in [0.4, 0.5) is 0 Å². The highest BCUT2D eigenvalue weighted by Gasteiger charge is 2.15. The normalized spacial score (nSPS) is 39.8. The SMILES string of the molecule is OC1CCC(Cl)NC1. The summed E-state index contributed by atoms with van der Waals surface area (Å²) in [7, 11) is 0. The molecule has 1 fully saturated rings. The Morgan fingerprint density at radius 3 is 2.62 bits per heavy atom. The third kappa shape index (κ3) is 1.62. The van der Waals surface area contributed by atoms with Gasteiger partial charge in [0.05, 0.1) is 11.6 Å². The van der Waals surface area contributed by atoms with Crippen molar-refractivity contribution in [3.8, 4) is 0 Å². The van der Waals surface area contributed by atoms with E-state index in [2.05, 4.69) is 5.32 Å². The third-order valence-electron chi connectivity index (χ3n) is 1.33. The second-order valence-corrected chi connectivity index (χ2v) is 2.63. The smallest absolute Gasteiger partial charge is 0.0827 e. The Kier molecular flexibility index (Phi) is 2.11. The summed E-state index contributed by atoms with van der Waals surface area (Å²) in [5.41, 5.74) is 0.0819. The molecular weight excluding hydrogens is 126 g/mol. The molecule has 48 valence electrons. The number of aliphatic hydroxyl groups excluding tert-OH is 1. The summed E-state index contributed by atoms with van der Waals surface area (Å²) in [5.74, 6) is 0. The van der Waals surface area contributed by atoms with E-state index in [1.807, 2.05) is 0 Å². The molecule has 0 amide bonds. The Morgan fingerprint density at radius 1 is 1.50 bits per heavy atom. The van der Waals surface area contributed by atoms with Gasteiger partial charge in [0.25, 0.3) is 0 Å². The molecular formula is C5H10ClNO. The van der Waals surface area contributed by atoms with Crippen molar-refractivity contribution in [3.63, 3.8) is 0 Å². The number of piperidine rings is 1. The molecule has 2 nitrogen and oxygen atoms in total. The van der Waals surface area contributed by atoms with Crippen LogP contribution in [-0.4, -0.2) is 23.3 Å². The van der Waals surface area contributed by atoms with Gasteiger partial charge in [0.2, 0.25) is 0 Å². The maximum Gasteiger partial charge on any atom is 0.0827 e. The zero-order valence-corrected chi connectivity index (χ0v) is 5.36. The molecule has 0 aliphatic carbocycles. The van der Waals surface area contributed by atoms with Crippen LogP contribution in [-0.2, 0) is 0 Å². The van der Waals surface area contributed by atoms with Gasteiger partial charge in [-0.1, -0.05) is 0 Å². The predicted molar refractivity (Wildman–Crippen MR) is 32.9 cm³/mol. The van der Waals surface area contributed by atoms with Gasteiger partial charge in [0.1, 0.15) is 0 Å². The lowest BCUT2D eigenvalue weighted by Crippen LogP contribution is -2.38. The highest BCUT2D eigenvalue weighted by atomic mass is 35.5. The van der Waals surface area contributed by atoms with Crippen molar-refractivity contribution >= 4 is 11.6 Å². The lowest BCUT2D eigenvalue weighted by molar-refractivity contribution is 0.137. The lowest BCUT2D eigenvalue weighted by atomic mass is 10.1. The fourth-order valence-corrected chi connectivity index (χ4v) is 1.02. The highest BCUT2D eigenvalue weighted by Crippen LogP contribution is 2.09. The number of alkyl halides is 1.